The normalized spacial score (nSPS) is 10.2. The molecule has 0 aliphatic heterocycles. The summed E-state index contributed by atoms with van der Waals surface area (Å²) >= 11 is 0. The van der Waals surface area contributed by atoms with Gasteiger partial charge in [0.1, 0.15) is 29.7 Å². The largest absolute Gasteiger partial charge is 0.497 e. The third-order valence-electron chi connectivity index (χ3n) is 2.44. The van der Waals surface area contributed by atoms with Crippen LogP contribution in [0.25, 0.3) is 0 Å². The molecule has 2 rings (SSSR count). The summed E-state index contributed by atoms with van der Waals surface area (Å²) in [6.45, 7) is -0.0310. The van der Waals surface area contributed by atoms with Gasteiger partial charge in [-0.1, -0.05) is 6.07 Å². The third-order valence-corrected chi connectivity index (χ3v) is 2.44. The smallest absolute Gasteiger partial charge is 0.130 e. The first kappa shape index (κ1) is 12.4. The average Bonchev–Trinajstić information content (AvgIpc) is 2.40. The van der Waals surface area contributed by atoms with Crippen molar-refractivity contribution in [1.29, 1.82) is 0 Å². The number of hydrogen-bond acceptors (Lipinski definition) is 2. The first-order chi connectivity index (χ1) is 8.69. The molecule has 2 aromatic carbocycles. The molecule has 0 heterocycles. The average molecular weight is 250 g/mol. The van der Waals surface area contributed by atoms with E-state index in [9.17, 15) is 8.78 Å². The topological polar surface area (TPSA) is 18.5 Å². The Morgan fingerprint density at radius 3 is 2.56 bits per heavy atom. The van der Waals surface area contributed by atoms with Gasteiger partial charge in [-0.2, -0.15) is 0 Å². The van der Waals surface area contributed by atoms with Gasteiger partial charge in [-0.05, 0) is 30.3 Å². The van der Waals surface area contributed by atoms with Gasteiger partial charge in [0.15, 0.2) is 0 Å². The van der Waals surface area contributed by atoms with E-state index in [-0.39, 0.29) is 12.2 Å². The minimum Gasteiger partial charge on any atom is -0.497 e. The van der Waals surface area contributed by atoms with Gasteiger partial charge >= 0.3 is 0 Å². The monoisotopic (exact) mass is 250 g/mol. The number of methoxy groups -OCH3 is 1. The van der Waals surface area contributed by atoms with Crippen molar-refractivity contribution < 1.29 is 18.3 Å². The van der Waals surface area contributed by atoms with Crippen LogP contribution in [-0.4, -0.2) is 7.11 Å². The lowest BCUT2D eigenvalue weighted by atomic mass is 10.2. The van der Waals surface area contributed by atoms with Crippen molar-refractivity contribution >= 4 is 0 Å². The summed E-state index contributed by atoms with van der Waals surface area (Å²) in [6.07, 6.45) is 0. The summed E-state index contributed by atoms with van der Waals surface area (Å²) in [5.41, 5.74) is 0.179. The fourth-order valence-corrected chi connectivity index (χ4v) is 1.51. The highest BCUT2D eigenvalue weighted by molar-refractivity contribution is 5.33. The van der Waals surface area contributed by atoms with E-state index in [4.69, 9.17) is 9.47 Å². The number of ether oxygens (including phenoxy) is 2. The number of hydrogen-bond donors (Lipinski definition) is 0. The first-order valence-electron chi connectivity index (χ1n) is 5.40. The number of halogens is 2. The lowest BCUT2D eigenvalue weighted by Gasteiger charge is -2.08. The van der Waals surface area contributed by atoms with Crippen LogP contribution in [0.15, 0.2) is 42.5 Å². The van der Waals surface area contributed by atoms with Crippen molar-refractivity contribution in [3.05, 3.63) is 59.7 Å². The molecule has 0 saturated carbocycles. The van der Waals surface area contributed by atoms with Crippen LogP contribution in [0.2, 0.25) is 0 Å². The summed E-state index contributed by atoms with van der Waals surface area (Å²) < 4.78 is 36.7. The van der Waals surface area contributed by atoms with E-state index in [0.717, 1.165) is 18.2 Å². The van der Waals surface area contributed by atoms with Gasteiger partial charge in [0.25, 0.3) is 0 Å². The van der Waals surface area contributed by atoms with Gasteiger partial charge in [0.05, 0.1) is 7.11 Å². The molecule has 0 amide bonds. The molecule has 0 aliphatic rings. The van der Waals surface area contributed by atoms with E-state index in [0.29, 0.717) is 11.5 Å². The van der Waals surface area contributed by atoms with Crippen LogP contribution in [0.4, 0.5) is 8.78 Å². The molecule has 0 atom stereocenters. The Morgan fingerprint density at radius 1 is 1.00 bits per heavy atom. The number of benzene rings is 2. The van der Waals surface area contributed by atoms with Gasteiger partial charge in [0, 0.05) is 11.6 Å². The van der Waals surface area contributed by atoms with Crippen LogP contribution < -0.4 is 9.47 Å². The summed E-state index contributed by atoms with van der Waals surface area (Å²) in [5, 5.41) is 0. The molecule has 0 radical (unpaired) electrons. The van der Waals surface area contributed by atoms with Crippen LogP contribution in [-0.2, 0) is 6.61 Å². The second kappa shape index (κ2) is 5.49. The van der Waals surface area contributed by atoms with E-state index in [2.05, 4.69) is 0 Å². The summed E-state index contributed by atoms with van der Waals surface area (Å²) in [5.74, 6) is 0.213. The Kier molecular flexibility index (Phi) is 3.77. The Balaban J connectivity index is 2.08. The van der Waals surface area contributed by atoms with Gasteiger partial charge in [-0.3, -0.25) is 0 Å². The van der Waals surface area contributed by atoms with E-state index in [1.807, 2.05) is 0 Å². The number of rotatable bonds is 4. The Bertz CT molecular complexity index is 541. The maximum absolute atomic E-state index is 13.3. The Morgan fingerprint density at radius 2 is 1.78 bits per heavy atom. The molecule has 0 fully saturated rings. The van der Waals surface area contributed by atoms with Crippen molar-refractivity contribution in [2.45, 2.75) is 6.61 Å². The van der Waals surface area contributed by atoms with Gasteiger partial charge in [-0.15, -0.1) is 0 Å². The zero-order valence-electron chi connectivity index (χ0n) is 9.82. The Labute approximate surface area is 104 Å². The molecule has 0 aliphatic carbocycles. The molecule has 0 aromatic heterocycles. The minimum absolute atomic E-state index is 0.0310. The van der Waals surface area contributed by atoms with E-state index >= 15 is 0 Å². The zero-order valence-corrected chi connectivity index (χ0v) is 9.82. The molecule has 2 nitrogen and oxygen atoms in total. The maximum Gasteiger partial charge on any atom is 0.130 e. The lowest BCUT2D eigenvalue weighted by Crippen LogP contribution is -1.99. The highest BCUT2D eigenvalue weighted by atomic mass is 19.1. The van der Waals surface area contributed by atoms with Crippen LogP contribution >= 0.6 is 0 Å². The van der Waals surface area contributed by atoms with Gasteiger partial charge in [-0.25, -0.2) is 8.78 Å². The molecular weight excluding hydrogens is 238 g/mol. The van der Waals surface area contributed by atoms with Crippen molar-refractivity contribution in [3.8, 4) is 11.5 Å². The van der Waals surface area contributed by atoms with Crippen LogP contribution in [0.1, 0.15) is 5.56 Å². The van der Waals surface area contributed by atoms with Gasteiger partial charge in [0.2, 0.25) is 0 Å². The highest BCUT2D eigenvalue weighted by Gasteiger charge is 2.05. The molecular formula is C14H12F2O2. The molecule has 0 saturated heterocycles. The van der Waals surface area contributed by atoms with Crippen molar-refractivity contribution in [2.75, 3.05) is 7.11 Å². The summed E-state index contributed by atoms with van der Waals surface area (Å²) in [4.78, 5) is 0. The molecule has 2 aromatic rings. The lowest BCUT2D eigenvalue weighted by molar-refractivity contribution is 0.296. The zero-order chi connectivity index (χ0) is 13.0. The fraction of sp³-hybridized carbons (Fsp3) is 0.143. The second-order valence-corrected chi connectivity index (χ2v) is 3.70. The minimum atomic E-state index is -0.487. The molecule has 94 valence electrons. The predicted molar refractivity (Wildman–Crippen MR) is 63.7 cm³/mol. The second-order valence-electron chi connectivity index (χ2n) is 3.70. The SMILES string of the molecule is COc1cccc(OCc2cc(F)ccc2F)c1. The fourth-order valence-electron chi connectivity index (χ4n) is 1.51. The van der Waals surface area contributed by atoms with Crippen LogP contribution in [0.3, 0.4) is 0 Å². The van der Waals surface area contributed by atoms with E-state index in [1.54, 1.807) is 31.4 Å². The van der Waals surface area contributed by atoms with E-state index < -0.39 is 11.6 Å². The molecule has 0 spiro atoms. The molecule has 4 heteroatoms. The molecule has 18 heavy (non-hydrogen) atoms. The van der Waals surface area contributed by atoms with E-state index in [1.165, 1.54) is 0 Å². The van der Waals surface area contributed by atoms with Crippen LogP contribution in [0, 0.1) is 11.6 Å². The summed E-state index contributed by atoms with van der Waals surface area (Å²) in [6, 6.07) is 10.2. The van der Waals surface area contributed by atoms with Crippen molar-refractivity contribution in [3.63, 3.8) is 0 Å². The Hall–Kier alpha value is -2.10. The van der Waals surface area contributed by atoms with Gasteiger partial charge < -0.3 is 9.47 Å². The van der Waals surface area contributed by atoms with Crippen LogP contribution in [0.5, 0.6) is 11.5 Å². The third kappa shape index (κ3) is 2.97. The first-order valence-corrected chi connectivity index (χ1v) is 5.40. The van der Waals surface area contributed by atoms with Crippen molar-refractivity contribution in [2.24, 2.45) is 0 Å². The maximum atomic E-state index is 13.3. The van der Waals surface area contributed by atoms with Crippen molar-refractivity contribution in [1.82, 2.24) is 0 Å². The quantitative estimate of drug-likeness (QED) is 0.826. The summed E-state index contributed by atoms with van der Waals surface area (Å²) in [7, 11) is 1.55. The molecule has 0 N–H and O–H groups in total. The predicted octanol–water partition coefficient (Wildman–Crippen LogP) is 3.55. The molecule has 0 bridgehead atoms. The standard InChI is InChI=1S/C14H12F2O2/c1-17-12-3-2-4-13(8-12)18-9-10-7-11(15)5-6-14(10)16/h2-8H,9H2,1H3. The molecule has 0 unspecified atom stereocenters. The highest BCUT2D eigenvalue weighted by Crippen LogP contribution is 2.20.